The lowest BCUT2D eigenvalue weighted by Crippen LogP contribution is -2.44. The van der Waals surface area contributed by atoms with Crippen molar-refractivity contribution in [2.45, 2.75) is 50.6 Å². The fourth-order valence-electron chi connectivity index (χ4n) is 4.96. The van der Waals surface area contributed by atoms with E-state index in [4.69, 9.17) is 9.47 Å². The van der Waals surface area contributed by atoms with Gasteiger partial charge in [0, 0.05) is 30.8 Å². The van der Waals surface area contributed by atoms with Gasteiger partial charge in [-0.3, -0.25) is 14.6 Å². The van der Waals surface area contributed by atoms with Crippen molar-refractivity contribution < 1.29 is 19.1 Å². The average Bonchev–Trinajstić information content (AvgIpc) is 3.27. The highest BCUT2D eigenvalue weighted by molar-refractivity contribution is 5.80. The number of nitrogens with one attached hydrogen (secondary N) is 2. The Balaban J connectivity index is 1.50. The van der Waals surface area contributed by atoms with Crippen molar-refractivity contribution >= 4 is 11.8 Å². The number of rotatable bonds is 10. The number of hydrogen-bond donors (Lipinski definition) is 2. The Hall–Kier alpha value is -3.87. The number of pyridine rings is 1. The molecule has 1 aliphatic rings. The molecule has 2 aromatic carbocycles. The van der Waals surface area contributed by atoms with Crippen LogP contribution in [0.2, 0.25) is 0 Å². The number of aryl methyl sites for hydroxylation is 1. The van der Waals surface area contributed by atoms with Crippen molar-refractivity contribution in [3.63, 3.8) is 0 Å². The zero-order valence-corrected chi connectivity index (χ0v) is 21.0. The van der Waals surface area contributed by atoms with Gasteiger partial charge in [-0.25, -0.2) is 0 Å². The van der Waals surface area contributed by atoms with Crippen LogP contribution < -0.4 is 20.1 Å². The van der Waals surface area contributed by atoms with Crippen molar-refractivity contribution in [3.05, 3.63) is 89.2 Å². The molecule has 4 rings (SSSR count). The van der Waals surface area contributed by atoms with E-state index >= 15 is 0 Å². The minimum Gasteiger partial charge on any atom is -0.493 e. The topological polar surface area (TPSA) is 89.5 Å². The van der Waals surface area contributed by atoms with E-state index in [0.29, 0.717) is 43.6 Å². The second-order valence-electron chi connectivity index (χ2n) is 9.33. The molecule has 188 valence electrons. The molecule has 0 bridgehead atoms. The molecule has 2 amide bonds. The lowest BCUT2D eigenvalue weighted by Gasteiger charge is -2.30. The summed E-state index contributed by atoms with van der Waals surface area (Å²) in [6.45, 7) is 2.04. The van der Waals surface area contributed by atoms with E-state index in [1.807, 2.05) is 61.5 Å². The van der Waals surface area contributed by atoms with E-state index in [1.54, 1.807) is 26.6 Å². The van der Waals surface area contributed by atoms with Gasteiger partial charge in [0.2, 0.25) is 11.8 Å². The van der Waals surface area contributed by atoms with Crippen LogP contribution in [0.1, 0.15) is 54.0 Å². The number of benzene rings is 2. The van der Waals surface area contributed by atoms with Crippen LogP contribution in [0.25, 0.3) is 0 Å². The molecular formula is C29H33N3O4. The molecule has 2 N–H and O–H groups in total. The first-order chi connectivity index (χ1) is 17.4. The molecule has 2 heterocycles. The third-order valence-electron chi connectivity index (χ3n) is 6.90. The molecular weight excluding hydrogens is 454 g/mol. The van der Waals surface area contributed by atoms with E-state index in [1.165, 1.54) is 0 Å². The molecule has 1 aromatic heterocycles. The summed E-state index contributed by atoms with van der Waals surface area (Å²) in [5.74, 6) is 1.26. The molecule has 1 saturated heterocycles. The van der Waals surface area contributed by atoms with Gasteiger partial charge in [-0.15, -0.1) is 0 Å². The normalized spacial score (nSPS) is 17.8. The lowest BCUT2D eigenvalue weighted by molar-refractivity contribution is -0.123. The first-order valence-corrected chi connectivity index (χ1v) is 12.2. The van der Waals surface area contributed by atoms with Gasteiger partial charge in [0.25, 0.3) is 0 Å². The molecule has 0 unspecified atom stereocenters. The van der Waals surface area contributed by atoms with Gasteiger partial charge in [-0.05, 0) is 72.7 Å². The van der Waals surface area contributed by atoms with Crippen molar-refractivity contribution in [1.82, 2.24) is 15.6 Å². The fraction of sp³-hybridized carbons (Fsp3) is 0.345. The summed E-state index contributed by atoms with van der Waals surface area (Å²) < 4.78 is 10.8. The summed E-state index contributed by atoms with van der Waals surface area (Å²) in [5.41, 5.74) is 3.66. The summed E-state index contributed by atoms with van der Waals surface area (Å²) in [5, 5.41) is 6.39. The molecule has 1 fully saturated rings. The molecule has 3 aromatic rings. The summed E-state index contributed by atoms with van der Waals surface area (Å²) >= 11 is 0. The number of carbonyl (C=O) groups is 2. The molecule has 0 spiro atoms. The van der Waals surface area contributed by atoms with Crippen LogP contribution in [0.5, 0.6) is 11.5 Å². The number of amides is 2. The van der Waals surface area contributed by atoms with Crippen LogP contribution in [0.4, 0.5) is 0 Å². The minimum atomic E-state index is -0.483. The Morgan fingerprint density at radius 2 is 1.83 bits per heavy atom. The second-order valence-corrected chi connectivity index (χ2v) is 9.33. The van der Waals surface area contributed by atoms with E-state index in [2.05, 4.69) is 15.6 Å². The van der Waals surface area contributed by atoms with Crippen molar-refractivity contribution in [1.29, 1.82) is 0 Å². The minimum absolute atomic E-state index is 0.0189. The van der Waals surface area contributed by atoms with Gasteiger partial charge in [0.05, 0.1) is 20.3 Å². The van der Waals surface area contributed by atoms with Gasteiger partial charge >= 0.3 is 0 Å². The highest BCUT2D eigenvalue weighted by atomic mass is 16.5. The number of hydrogen-bond acceptors (Lipinski definition) is 5. The number of methoxy groups -OCH3 is 2. The van der Waals surface area contributed by atoms with Crippen LogP contribution >= 0.6 is 0 Å². The zero-order valence-electron chi connectivity index (χ0n) is 21.0. The maximum absolute atomic E-state index is 13.3. The zero-order chi connectivity index (χ0) is 25.5. The van der Waals surface area contributed by atoms with E-state index in [0.717, 1.165) is 22.3 Å². The van der Waals surface area contributed by atoms with Crippen molar-refractivity contribution in [2.24, 2.45) is 0 Å². The monoisotopic (exact) mass is 487 g/mol. The van der Waals surface area contributed by atoms with Crippen LogP contribution in [0.15, 0.2) is 67.0 Å². The molecule has 0 saturated carbocycles. The van der Waals surface area contributed by atoms with Crippen LogP contribution in [0, 0.1) is 6.92 Å². The third kappa shape index (κ3) is 5.85. The summed E-state index contributed by atoms with van der Waals surface area (Å²) in [7, 11) is 3.21. The predicted octanol–water partition coefficient (Wildman–Crippen LogP) is 4.28. The van der Waals surface area contributed by atoms with Crippen LogP contribution in [0.3, 0.4) is 0 Å². The Bertz CT molecular complexity index is 1210. The fourth-order valence-corrected chi connectivity index (χ4v) is 4.96. The molecule has 36 heavy (non-hydrogen) atoms. The summed E-state index contributed by atoms with van der Waals surface area (Å²) in [6.07, 6.45) is 6.05. The highest BCUT2D eigenvalue weighted by Crippen LogP contribution is 2.34. The Morgan fingerprint density at radius 3 is 2.50 bits per heavy atom. The van der Waals surface area contributed by atoms with Gasteiger partial charge in [-0.2, -0.15) is 0 Å². The quantitative estimate of drug-likeness (QED) is 0.446. The third-order valence-corrected chi connectivity index (χ3v) is 6.90. The Morgan fingerprint density at radius 1 is 1.08 bits per heavy atom. The van der Waals surface area contributed by atoms with E-state index in [9.17, 15) is 9.59 Å². The highest BCUT2D eigenvalue weighted by Gasteiger charge is 2.38. The van der Waals surface area contributed by atoms with E-state index in [-0.39, 0.29) is 17.9 Å². The number of ether oxygens (including phenoxy) is 2. The number of carbonyl (C=O) groups excluding carboxylic acids is 2. The predicted molar refractivity (Wildman–Crippen MR) is 138 cm³/mol. The number of nitrogens with zero attached hydrogens (tertiary/aromatic N) is 1. The van der Waals surface area contributed by atoms with Gasteiger partial charge in [-0.1, -0.05) is 30.3 Å². The Kier molecular flexibility index (Phi) is 7.88. The van der Waals surface area contributed by atoms with Gasteiger partial charge < -0.3 is 20.1 Å². The molecule has 7 nitrogen and oxygen atoms in total. The second kappa shape index (κ2) is 11.2. The maximum Gasteiger partial charge on any atom is 0.220 e. The maximum atomic E-state index is 13.3. The average molecular weight is 488 g/mol. The van der Waals surface area contributed by atoms with Crippen molar-refractivity contribution in [2.75, 3.05) is 14.2 Å². The summed E-state index contributed by atoms with van der Waals surface area (Å²) in [4.78, 5) is 29.6. The van der Waals surface area contributed by atoms with Crippen LogP contribution in [-0.2, 0) is 16.0 Å². The molecule has 0 radical (unpaired) electrons. The SMILES string of the molecule is COc1ccc(C[C@@]2(CCC(=O)N[C@H](c3ccncc3)c3ccccc3C)CCC(=O)N2)cc1OC. The molecule has 1 aliphatic heterocycles. The van der Waals surface area contributed by atoms with Crippen molar-refractivity contribution in [3.8, 4) is 11.5 Å². The Labute approximate surface area is 212 Å². The summed E-state index contributed by atoms with van der Waals surface area (Å²) in [6, 6.07) is 17.4. The van der Waals surface area contributed by atoms with E-state index < -0.39 is 5.54 Å². The standard InChI is InChI=1S/C29H33N3O4/c1-20-6-4-5-7-23(20)28(22-12-16-30-17-13-22)31-26(33)10-14-29(15-11-27(34)32-29)19-21-8-9-24(35-2)25(18-21)36-3/h4-9,12-13,16-18,28H,10-11,14-15,19H2,1-3H3,(H,31,33)(H,32,34)/t28-,29-/m1/s1. The lowest BCUT2D eigenvalue weighted by atomic mass is 9.84. The molecule has 7 heteroatoms. The van der Waals surface area contributed by atoms with Gasteiger partial charge in [0.1, 0.15) is 0 Å². The van der Waals surface area contributed by atoms with Gasteiger partial charge in [0.15, 0.2) is 11.5 Å². The smallest absolute Gasteiger partial charge is 0.220 e. The van der Waals surface area contributed by atoms with Crippen LogP contribution in [-0.4, -0.2) is 36.6 Å². The largest absolute Gasteiger partial charge is 0.493 e. The first-order valence-electron chi connectivity index (χ1n) is 12.2. The molecule has 2 atom stereocenters. The molecule has 0 aliphatic carbocycles. The number of aromatic nitrogens is 1. The first kappa shape index (κ1) is 25.2.